The second-order valence-corrected chi connectivity index (χ2v) is 4.60. The number of carbonyl (C=O) groups excluding carboxylic acids is 2. The van der Waals surface area contributed by atoms with E-state index in [1.807, 2.05) is 31.2 Å². The lowest BCUT2D eigenvalue weighted by molar-refractivity contribution is -0.129. The Bertz CT molecular complexity index is 441. The van der Waals surface area contributed by atoms with Crippen LogP contribution in [0.3, 0.4) is 0 Å². The number of likely N-dealkylation sites (tertiary alicyclic amines) is 1. The van der Waals surface area contributed by atoms with Crippen LogP contribution in [0.15, 0.2) is 24.3 Å². The molecule has 4 heteroatoms. The lowest BCUT2D eigenvalue weighted by atomic mass is 10.1. The van der Waals surface area contributed by atoms with E-state index in [0.29, 0.717) is 13.0 Å². The molecule has 0 bridgehead atoms. The molecule has 1 aromatic carbocycles. The van der Waals surface area contributed by atoms with Gasteiger partial charge in [-0.2, -0.15) is 0 Å². The highest BCUT2D eigenvalue weighted by Gasteiger charge is 2.32. The highest BCUT2D eigenvalue weighted by molar-refractivity contribution is 5.83. The zero-order valence-corrected chi connectivity index (χ0v) is 10.6. The zero-order valence-electron chi connectivity index (χ0n) is 10.6. The van der Waals surface area contributed by atoms with Gasteiger partial charge in [0.05, 0.1) is 13.2 Å². The molecule has 96 valence electrons. The van der Waals surface area contributed by atoms with Gasteiger partial charge in [-0.05, 0) is 24.6 Å². The molecule has 1 aromatic rings. The van der Waals surface area contributed by atoms with E-state index in [4.69, 9.17) is 4.74 Å². The van der Waals surface area contributed by atoms with Crippen molar-refractivity contribution in [2.24, 2.45) is 5.92 Å². The van der Waals surface area contributed by atoms with Crippen LogP contribution in [0.1, 0.15) is 24.9 Å². The van der Waals surface area contributed by atoms with Gasteiger partial charge in [0.25, 0.3) is 0 Å². The minimum atomic E-state index is -0.154. The van der Waals surface area contributed by atoms with E-state index in [2.05, 4.69) is 0 Å². The maximum absolute atomic E-state index is 11.8. The summed E-state index contributed by atoms with van der Waals surface area (Å²) in [6.45, 7) is 2.50. The van der Waals surface area contributed by atoms with Crippen LogP contribution in [0.2, 0.25) is 0 Å². The smallest absolute Gasteiger partial charge is 0.223 e. The summed E-state index contributed by atoms with van der Waals surface area (Å²) >= 11 is 0. The number of ether oxygens (including phenoxy) is 1. The molecular formula is C14H17NO3. The molecule has 2 rings (SSSR count). The SMILES string of the molecule is COc1ccc(C(C)N2CC(C=O)CC2=O)cc1. The number of hydrogen-bond acceptors (Lipinski definition) is 3. The summed E-state index contributed by atoms with van der Waals surface area (Å²) in [7, 11) is 1.62. The van der Waals surface area contributed by atoms with Gasteiger partial charge in [-0.25, -0.2) is 0 Å². The van der Waals surface area contributed by atoms with E-state index in [0.717, 1.165) is 17.6 Å². The first kappa shape index (κ1) is 12.6. The molecule has 0 aliphatic carbocycles. The maximum atomic E-state index is 11.8. The Morgan fingerprint density at radius 2 is 2.06 bits per heavy atom. The average Bonchev–Trinajstić information content (AvgIpc) is 2.79. The summed E-state index contributed by atoms with van der Waals surface area (Å²) in [4.78, 5) is 24.3. The first-order valence-corrected chi connectivity index (χ1v) is 6.04. The summed E-state index contributed by atoms with van der Waals surface area (Å²) in [5.74, 6) is 0.693. The molecule has 2 atom stereocenters. The Balaban J connectivity index is 2.12. The summed E-state index contributed by atoms with van der Waals surface area (Å²) in [5, 5.41) is 0. The lowest BCUT2D eigenvalue weighted by Gasteiger charge is -2.25. The lowest BCUT2D eigenvalue weighted by Crippen LogP contribution is -2.28. The van der Waals surface area contributed by atoms with E-state index in [1.165, 1.54) is 0 Å². The Hall–Kier alpha value is -1.84. The zero-order chi connectivity index (χ0) is 13.1. The molecule has 0 saturated carbocycles. The van der Waals surface area contributed by atoms with Crippen molar-refractivity contribution >= 4 is 12.2 Å². The number of nitrogens with zero attached hydrogens (tertiary/aromatic N) is 1. The highest BCUT2D eigenvalue weighted by atomic mass is 16.5. The van der Waals surface area contributed by atoms with Gasteiger partial charge >= 0.3 is 0 Å². The van der Waals surface area contributed by atoms with E-state index in [-0.39, 0.29) is 17.9 Å². The predicted octanol–water partition coefficient (Wildman–Crippen LogP) is 1.80. The summed E-state index contributed by atoms with van der Waals surface area (Å²) in [6, 6.07) is 7.65. The van der Waals surface area contributed by atoms with Gasteiger partial charge in [-0.3, -0.25) is 4.79 Å². The second kappa shape index (κ2) is 5.21. The molecule has 0 N–H and O–H groups in total. The minimum absolute atomic E-state index is 0.00615. The van der Waals surface area contributed by atoms with Crippen molar-refractivity contribution in [2.75, 3.05) is 13.7 Å². The molecule has 1 aliphatic heterocycles. The largest absolute Gasteiger partial charge is 0.497 e. The van der Waals surface area contributed by atoms with E-state index >= 15 is 0 Å². The van der Waals surface area contributed by atoms with Crippen LogP contribution < -0.4 is 4.74 Å². The van der Waals surface area contributed by atoms with Crippen molar-refractivity contribution < 1.29 is 14.3 Å². The van der Waals surface area contributed by atoms with Crippen LogP contribution in [0.4, 0.5) is 0 Å². The predicted molar refractivity (Wildman–Crippen MR) is 67.3 cm³/mol. The average molecular weight is 247 g/mol. The number of aldehydes is 1. The summed E-state index contributed by atoms with van der Waals surface area (Å²) in [5.41, 5.74) is 1.05. The molecule has 4 nitrogen and oxygen atoms in total. The number of methoxy groups -OCH3 is 1. The van der Waals surface area contributed by atoms with Crippen LogP contribution in [-0.4, -0.2) is 30.7 Å². The molecule has 1 saturated heterocycles. The first-order valence-electron chi connectivity index (χ1n) is 6.04. The molecule has 1 heterocycles. The Morgan fingerprint density at radius 3 is 2.56 bits per heavy atom. The highest BCUT2D eigenvalue weighted by Crippen LogP contribution is 2.28. The van der Waals surface area contributed by atoms with Gasteiger partial charge < -0.3 is 14.4 Å². The molecule has 2 unspecified atom stereocenters. The van der Waals surface area contributed by atoms with Gasteiger partial charge in [0.2, 0.25) is 5.91 Å². The van der Waals surface area contributed by atoms with Crippen molar-refractivity contribution in [3.05, 3.63) is 29.8 Å². The Morgan fingerprint density at radius 1 is 1.39 bits per heavy atom. The molecule has 0 aromatic heterocycles. The van der Waals surface area contributed by atoms with Gasteiger partial charge in [0.15, 0.2) is 0 Å². The second-order valence-electron chi connectivity index (χ2n) is 4.60. The third kappa shape index (κ3) is 2.37. The van der Waals surface area contributed by atoms with Crippen LogP contribution in [-0.2, 0) is 9.59 Å². The third-order valence-electron chi connectivity index (χ3n) is 3.45. The van der Waals surface area contributed by atoms with Crippen LogP contribution in [0.25, 0.3) is 0 Å². The molecular weight excluding hydrogens is 230 g/mol. The van der Waals surface area contributed by atoms with Crippen molar-refractivity contribution in [1.82, 2.24) is 4.90 Å². The van der Waals surface area contributed by atoms with E-state index in [1.54, 1.807) is 12.0 Å². The van der Waals surface area contributed by atoms with Gasteiger partial charge in [0.1, 0.15) is 12.0 Å². The number of benzene rings is 1. The summed E-state index contributed by atoms with van der Waals surface area (Å²) < 4.78 is 5.10. The normalized spacial score (nSPS) is 20.9. The number of carbonyl (C=O) groups is 2. The fraction of sp³-hybridized carbons (Fsp3) is 0.429. The number of rotatable bonds is 4. The topological polar surface area (TPSA) is 46.6 Å². The van der Waals surface area contributed by atoms with Crippen LogP contribution in [0, 0.1) is 5.92 Å². The van der Waals surface area contributed by atoms with Gasteiger partial charge in [0, 0.05) is 18.9 Å². The van der Waals surface area contributed by atoms with Crippen molar-refractivity contribution in [2.45, 2.75) is 19.4 Å². The van der Waals surface area contributed by atoms with Gasteiger partial charge in [-0.15, -0.1) is 0 Å². The van der Waals surface area contributed by atoms with Crippen LogP contribution in [0.5, 0.6) is 5.75 Å². The fourth-order valence-electron chi connectivity index (χ4n) is 2.29. The molecule has 1 aliphatic rings. The minimum Gasteiger partial charge on any atom is -0.497 e. The van der Waals surface area contributed by atoms with Crippen LogP contribution >= 0.6 is 0 Å². The number of hydrogen-bond donors (Lipinski definition) is 0. The van der Waals surface area contributed by atoms with E-state index in [9.17, 15) is 9.59 Å². The standard InChI is InChI=1S/C14H17NO3/c1-10(12-3-5-13(18-2)6-4-12)15-8-11(9-16)7-14(15)17/h3-6,9-11H,7-8H2,1-2H3. The third-order valence-corrected chi connectivity index (χ3v) is 3.45. The van der Waals surface area contributed by atoms with E-state index < -0.39 is 0 Å². The van der Waals surface area contributed by atoms with Crippen molar-refractivity contribution in [1.29, 1.82) is 0 Å². The molecule has 1 fully saturated rings. The quantitative estimate of drug-likeness (QED) is 0.762. The molecule has 1 amide bonds. The Kier molecular flexibility index (Phi) is 3.65. The molecule has 0 spiro atoms. The maximum Gasteiger partial charge on any atom is 0.223 e. The fourth-order valence-corrected chi connectivity index (χ4v) is 2.29. The molecule has 18 heavy (non-hydrogen) atoms. The first-order chi connectivity index (χ1) is 8.65. The van der Waals surface area contributed by atoms with Crippen molar-refractivity contribution in [3.63, 3.8) is 0 Å². The molecule has 0 radical (unpaired) electrons. The number of amides is 1. The monoisotopic (exact) mass is 247 g/mol. The van der Waals surface area contributed by atoms with Gasteiger partial charge in [-0.1, -0.05) is 12.1 Å². The summed E-state index contributed by atoms with van der Waals surface area (Å²) in [6.07, 6.45) is 1.21. The van der Waals surface area contributed by atoms with Crippen molar-refractivity contribution in [3.8, 4) is 5.75 Å². The Labute approximate surface area is 107 Å².